The highest BCUT2D eigenvalue weighted by molar-refractivity contribution is 5.95. The highest BCUT2D eigenvalue weighted by Gasteiger charge is 2.21. The van der Waals surface area contributed by atoms with Crippen LogP contribution in [0.2, 0.25) is 0 Å². The molecule has 1 atom stereocenters. The summed E-state index contributed by atoms with van der Waals surface area (Å²) < 4.78 is 3.62. The Balaban J connectivity index is 1.64. The number of aryl methyl sites for hydroxylation is 2. The molecule has 2 aromatic heterocycles. The van der Waals surface area contributed by atoms with E-state index in [-0.39, 0.29) is 11.9 Å². The number of carbonyl (C=O) groups excluding carboxylic acids is 1. The van der Waals surface area contributed by atoms with Gasteiger partial charge in [0.25, 0.3) is 0 Å². The summed E-state index contributed by atoms with van der Waals surface area (Å²) in [6.07, 6.45) is 3.83. The minimum atomic E-state index is -0.288. The molecule has 3 aromatic rings. The summed E-state index contributed by atoms with van der Waals surface area (Å²) in [5, 5.41) is 11.8. The van der Waals surface area contributed by atoms with E-state index in [0.29, 0.717) is 6.54 Å². The first-order chi connectivity index (χ1) is 12.9. The standard InChI is InChI=1S/C20H26N6O/c1-14-19(15(2)25(5)23-14)22-20(27)16(3)24(4)12-17-11-21-26(13-17)18-9-7-6-8-10-18/h6-11,13,16H,12H2,1-5H3,(H,22,27)/t16-/m1/s1. The highest BCUT2D eigenvalue weighted by Crippen LogP contribution is 2.19. The normalized spacial score (nSPS) is 12.4. The van der Waals surface area contributed by atoms with Crippen molar-refractivity contribution in [2.24, 2.45) is 7.05 Å². The molecule has 0 fully saturated rings. The fourth-order valence-electron chi connectivity index (χ4n) is 2.97. The van der Waals surface area contributed by atoms with Crippen LogP contribution in [0.25, 0.3) is 5.69 Å². The third-order valence-electron chi connectivity index (χ3n) is 4.89. The molecule has 1 N–H and O–H groups in total. The molecule has 0 aliphatic rings. The van der Waals surface area contributed by atoms with Gasteiger partial charge in [-0.3, -0.25) is 14.4 Å². The van der Waals surface area contributed by atoms with E-state index in [1.54, 1.807) is 4.68 Å². The van der Waals surface area contributed by atoms with E-state index >= 15 is 0 Å². The third kappa shape index (κ3) is 4.09. The second-order valence-corrected chi connectivity index (χ2v) is 6.88. The van der Waals surface area contributed by atoms with Gasteiger partial charge in [0.15, 0.2) is 0 Å². The van der Waals surface area contributed by atoms with Gasteiger partial charge in [-0.15, -0.1) is 0 Å². The van der Waals surface area contributed by atoms with E-state index in [1.165, 1.54) is 0 Å². The average Bonchev–Trinajstić information content (AvgIpc) is 3.22. The molecular weight excluding hydrogens is 340 g/mol. The molecule has 2 heterocycles. The smallest absolute Gasteiger partial charge is 0.241 e. The number of hydrogen-bond donors (Lipinski definition) is 1. The number of hydrogen-bond acceptors (Lipinski definition) is 4. The van der Waals surface area contributed by atoms with Crippen molar-refractivity contribution >= 4 is 11.6 Å². The number of nitrogens with zero attached hydrogens (tertiary/aromatic N) is 5. The zero-order chi connectivity index (χ0) is 19.6. The van der Waals surface area contributed by atoms with Crippen LogP contribution in [-0.4, -0.2) is 43.5 Å². The minimum absolute atomic E-state index is 0.0489. The van der Waals surface area contributed by atoms with Crippen molar-refractivity contribution in [2.75, 3.05) is 12.4 Å². The Labute approximate surface area is 159 Å². The largest absolute Gasteiger partial charge is 0.322 e. The first kappa shape index (κ1) is 18.8. The van der Waals surface area contributed by atoms with Gasteiger partial charge < -0.3 is 5.32 Å². The maximum Gasteiger partial charge on any atom is 0.241 e. The van der Waals surface area contributed by atoms with E-state index in [4.69, 9.17) is 0 Å². The van der Waals surface area contributed by atoms with E-state index < -0.39 is 0 Å². The minimum Gasteiger partial charge on any atom is -0.322 e. The lowest BCUT2D eigenvalue weighted by Crippen LogP contribution is -2.39. The number of benzene rings is 1. The van der Waals surface area contributed by atoms with Crippen LogP contribution in [-0.2, 0) is 18.4 Å². The van der Waals surface area contributed by atoms with Crippen LogP contribution < -0.4 is 5.32 Å². The van der Waals surface area contributed by atoms with Crippen molar-refractivity contribution in [2.45, 2.75) is 33.4 Å². The number of aromatic nitrogens is 4. The van der Waals surface area contributed by atoms with E-state index in [1.807, 2.05) is 87.2 Å². The first-order valence-corrected chi connectivity index (χ1v) is 8.97. The summed E-state index contributed by atoms with van der Waals surface area (Å²) in [5.41, 5.74) is 4.62. The molecule has 7 nitrogen and oxygen atoms in total. The van der Waals surface area contributed by atoms with E-state index in [9.17, 15) is 4.79 Å². The van der Waals surface area contributed by atoms with Gasteiger partial charge in [-0.25, -0.2) is 4.68 Å². The van der Waals surface area contributed by atoms with Crippen molar-refractivity contribution in [3.05, 3.63) is 59.7 Å². The van der Waals surface area contributed by atoms with Crippen LogP contribution in [0.4, 0.5) is 5.69 Å². The van der Waals surface area contributed by atoms with E-state index in [2.05, 4.69) is 15.5 Å². The zero-order valence-electron chi connectivity index (χ0n) is 16.5. The van der Waals surface area contributed by atoms with Gasteiger partial charge in [-0.2, -0.15) is 10.2 Å². The average molecular weight is 366 g/mol. The molecule has 142 valence electrons. The molecule has 0 aliphatic heterocycles. The van der Waals surface area contributed by atoms with Gasteiger partial charge >= 0.3 is 0 Å². The number of likely N-dealkylation sites (N-methyl/N-ethyl adjacent to an activating group) is 1. The molecule has 0 spiro atoms. The number of carbonyl (C=O) groups is 1. The SMILES string of the molecule is Cc1nn(C)c(C)c1NC(=O)[C@@H](C)N(C)Cc1cnn(-c2ccccc2)c1. The van der Waals surface area contributed by atoms with Crippen molar-refractivity contribution in [3.8, 4) is 5.69 Å². The molecule has 0 radical (unpaired) electrons. The Kier molecular flexibility index (Phi) is 5.41. The Morgan fingerprint density at radius 3 is 2.59 bits per heavy atom. The fraction of sp³-hybridized carbons (Fsp3) is 0.350. The lowest BCUT2D eigenvalue weighted by atomic mass is 10.2. The second-order valence-electron chi connectivity index (χ2n) is 6.88. The van der Waals surface area contributed by atoms with Crippen molar-refractivity contribution < 1.29 is 4.79 Å². The lowest BCUT2D eigenvalue weighted by Gasteiger charge is -2.23. The topological polar surface area (TPSA) is 68.0 Å². The van der Waals surface area contributed by atoms with Crippen LogP contribution in [0.1, 0.15) is 23.9 Å². The van der Waals surface area contributed by atoms with Gasteiger partial charge in [-0.05, 0) is 40.0 Å². The maximum absolute atomic E-state index is 12.7. The van der Waals surface area contributed by atoms with Gasteiger partial charge in [0.1, 0.15) is 0 Å². The summed E-state index contributed by atoms with van der Waals surface area (Å²) >= 11 is 0. The molecule has 3 rings (SSSR count). The number of rotatable bonds is 6. The number of para-hydroxylation sites is 1. The molecule has 0 unspecified atom stereocenters. The molecule has 0 bridgehead atoms. The van der Waals surface area contributed by atoms with Crippen LogP contribution in [0.3, 0.4) is 0 Å². The molecule has 1 amide bonds. The van der Waals surface area contributed by atoms with Crippen molar-refractivity contribution in [3.63, 3.8) is 0 Å². The van der Waals surface area contributed by atoms with Gasteiger partial charge in [0, 0.05) is 25.4 Å². The molecule has 0 saturated carbocycles. The Hall–Kier alpha value is -2.93. The van der Waals surface area contributed by atoms with Crippen molar-refractivity contribution in [1.82, 2.24) is 24.5 Å². The summed E-state index contributed by atoms with van der Waals surface area (Å²) in [6.45, 7) is 6.38. The van der Waals surface area contributed by atoms with Crippen molar-refractivity contribution in [1.29, 1.82) is 0 Å². The van der Waals surface area contributed by atoms with Crippen LogP contribution in [0.5, 0.6) is 0 Å². The molecular formula is C20H26N6O. The first-order valence-electron chi connectivity index (χ1n) is 8.97. The Morgan fingerprint density at radius 2 is 1.96 bits per heavy atom. The fourth-order valence-corrected chi connectivity index (χ4v) is 2.97. The second kappa shape index (κ2) is 7.75. The number of nitrogens with one attached hydrogen (secondary N) is 1. The zero-order valence-corrected chi connectivity index (χ0v) is 16.5. The number of amides is 1. The van der Waals surface area contributed by atoms with Crippen LogP contribution in [0, 0.1) is 13.8 Å². The van der Waals surface area contributed by atoms with Gasteiger partial charge in [-0.1, -0.05) is 18.2 Å². The van der Waals surface area contributed by atoms with Crippen LogP contribution >= 0.6 is 0 Å². The Bertz CT molecular complexity index is 927. The lowest BCUT2D eigenvalue weighted by molar-refractivity contribution is -0.120. The van der Waals surface area contributed by atoms with Gasteiger partial charge in [0.05, 0.1) is 35.0 Å². The summed E-state index contributed by atoms with van der Waals surface area (Å²) in [6, 6.07) is 9.68. The summed E-state index contributed by atoms with van der Waals surface area (Å²) in [4.78, 5) is 14.7. The quantitative estimate of drug-likeness (QED) is 0.728. The Morgan fingerprint density at radius 1 is 1.26 bits per heavy atom. The monoisotopic (exact) mass is 366 g/mol. The number of anilines is 1. The molecule has 1 aromatic carbocycles. The van der Waals surface area contributed by atoms with Gasteiger partial charge in [0.2, 0.25) is 5.91 Å². The highest BCUT2D eigenvalue weighted by atomic mass is 16.2. The van der Waals surface area contributed by atoms with E-state index in [0.717, 1.165) is 28.3 Å². The molecule has 0 saturated heterocycles. The van der Waals surface area contributed by atoms with Crippen LogP contribution in [0.15, 0.2) is 42.7 Å². The molecule has 0 aliphatic carbocycles. The third-order valence-corrected chi connectivity index (χ3v) is 4.89. The molecule has 27 heavy (non-hydrogen) atoms. The summed E-state index contributed by atoms with van der Waals surface area (Å²) in [7, 11) is 3.81. The summed E-state index contributed by atoms with van der Waals surface area (Å²) in [5.74, 6) is -0.0489. The predicted octanol–water partition coefficient (Wildman–Crippen LogP) is 2.68. The molecule has 7 heteroatoms. The maximum atomic E-state index is 12.7. The predicted molar refractivity (Wildman–Crippen MR) is 106 cm³/mol.